The molecule has 0 saturated carbocycles. The quantitative estimate of drug-likeness (QED) is 0.603. The lowest BCUT2D eigenvalue weighted by molar-refractivity contribution is 0.0698. The van der Waals surface area contributed by atoms with Crippen LogP contribution in [0.5, 0.6) is 0 Å². The summed E-state index contributed by atoms with van der Waals surface area (Å²) in [5, 5.41) is 15.4. The fourth-order valence-corrected chi connectivity index (χ4v) is 2.36. The van der Waals surface area contributed by atoms with Gasteiger partial charge in [-0.3, -0.25) is 0 Å². The molecule has 7 heteroatoms. The first-order valence-corrected chi connectivity index (χ1v) is 7.87. The summed E-state index contributed by atoms with van der Waals surface area (Å²) >= 11 is 3.37. The summed E-state index contributed by atoms with van der Waals surface area (Å²) < 4.78 is 0.626. The van der Waals surface area contributed by atoms with Crippen molar-refractivity contribution in [2.24, 2.45) is 0 Å². The van der Waals surface area contributed by atoms with Crippen molar-refractivity contribution in [3.8, 4) is 0 Å². The van der Waals surface area contributed by atoms with E-state index in [0.29, 0.717) is 21.9 Å². The van der Waals surface area contributed by atoms with E-state index in [2.05, 4.69) is 36.5 Å². The minimum atomic E-state index is -1.01. The highest BCUT2D eigenvalue weighted by Crippen LogP contribution is 2.27. The molecular weight excluding hydrogens is 372 g/mol. The molecule has 0 aliphatic rings. The molecular formula is C17H13BrN4O2. The average Bonchev–Trinajstić information content (AvgIpc) is 2.59. The number of halogens is 1. The van der Waals surface area contributed by atoms with Gasteiger partial charge >= 0.3 is 5.97 Å². The summed E-state index contributed by atoms with van der Waals surface area (Å²) in [6.45, 7) is 0. The summed E-state index contributed by atoms with van der Waals surface area (Å²) in [7, 11) is 0. The topological polar surface area (TPSA) is 87.1 Å². The molecule has 0 fully saturated rings. The molecule has 0 aliphatic heterocycles. The minimum Gasteiger partial charge on any atom is -0.478 e. The van der Waals surface area contributed by atoms with Gasteiger partial charge < -0.3 is 15.7 Å². The van der Waals surface area contributed by atoms with Gasteiger partial charge in [-0.1, -0.05) is 30.3 Å². The summed E-state index contributed by atoms with van der Waals surface area (Å²) in [5.74, 6) is -0.136. The van der Waals surface area contributed by atoms with Gasteiger partial charge in [0, 0.05) is 11.9 Å². The molecule has 0 unspecified atom stereocenters. The molecule has 0 radical (unpaired) electrons. The van der Waals surface area contributed by atoms with Gasteiger partial charge in [-0.15, -0.1) is 0 Å². The maximum atomic E-state index is 11.3. The van der Waals surface area contributed by atoms with Crippen LogP contribution in [0.4, 0.5) is 23.1 Å². The Morgan fingerprint density at radius 1 is 1.00 bits per heavy atom. The van der Waals surface area contributed by atoms with E-state index in [9.17, 15) is 9.90 Å². The number of aromatic nitrogens is 2. The summed E-state index contributed by atoms with van der Waals surface area (Å²) in [4.78, 5) is 19.9. The third kappa shape index (κ3) is 3.69. The van der Waals surface area contributed by atoms with Gasteiger partial charge in [0.2, 0.25) is 5.95 Å². The lowest BCUT2D eigenvalue weighted by Gasteiger charge is -2.12. The summed E-state index contributed by atoms with van der Waals surface area (Å²) in [6, 6.07) is 16.2. The lowest BCUT2D eigenvalue weighted by Crippen LogP contribution is -2.05. The third-order valence-corrected chi connectivity index (χ3v) is 3.76. The number of carboxylic acids is 1. The van der Waals surface area contributed by atoms with Gasteiger partial charge in [-0.2, -0.15) is 4.98 Å². The molecule has 6 nitrogen and oxygen atoms in total. The first kappa shape index (κ1) is 15.9. The zero-order valence-electron chi connectivity index (χ0n) is 12.4. The molecule has 0 amide bonds. The van der Waals surface area contributed by atoms with Crippen molar-refractivity contribution in [3.05, 3.63) is 70.8 Å². The highest BCUT2D eigenvalue weighted by Gasteiger charge is 2.12. The summed E-state index contributed by atoms with van der Waals surface area (Å²) in [6.07, 6.45) is 1.60. The number of carboxylic acid groups (broad SMARTS) is 1. The van der Waals surface area contributed by atoms with Crippen LogP contribution in [0.2, 0.25) is 0 Å². The number of nitrogens with zero attached hydrogens (tertiary/aromatic N) is 2. The Morgan fingerprint density at radius 3 is 2.46 bits per heavy atom. The second-order valence-electron chi connectivity index (χ2n) is 4.86. The summed E-state index contributed by atoms with van der Waals surface area (Å²) in [5.41, 5.74) is 1.48. The van der Waals surface area contributed by atoms with Crippen LogP contribution in [-0.2, 0) is 0 Å². The molecule has 0 atom stereocenters. The number of hydrogen-bond donors (Lipinski definition) is 3. The number of para-hydroxylation sites is 2. The Morgan fingerprint density at radius 2 is 1.71 bits per heavy atom. The minimum absolute atomic E-state index is 0.167. The van der Waals surface area contributed by atoms with E-state index < -0.39 is 5.97 Å². The second kappa shape index (κ2) is 7.10. The van der Waals surface area contributed by atoms with E-state index >= 15 is 0 Å². The zero-order chi connectivity index (χ0) is 16.9. The molecule has 0 saturated heterocycles. The van der Waals surface area contributed by atoms with Gasteiger partial charge in [0.1, 0.15) is 5.82 Å². The number of aromatic carboxylic acids is 1. The van der Waals surface area contributed by atoms with E-state index in [1.807, 2.05) is 30.3 Å². The van der Waals surface area contributed by atoms with Crippen molar-refractivity contribution >= 4 is 45.0 Å². The number of rotatable bonds is 5. The predicted octanol–water partition coefficient (Wildman–Crippen LogP) is 4.42. The van der Waals surface area contributed by atoms with Gasteiger partial charge in [-0.25, -0.2) is 9.78 Å². The molecule has 24 heavy (non-hydrogen) atoms. The predicted molar refractivity (Wildman–Crippen MR) is 96.1 cm³/mol. The molecule has 1 heterocycles. The average molecular weight is 385 g/mol. The van der Waals surface area contributed by atoms with Crippen LogP contribution < -0.4 is 10.6 Å². The molecule has 3 N–H and O–H groups in total. The van der Waals surface area contributed by atoms with E-state index in [-0.39, 0.29) is 5.56 Å². The van der Waals surface area contributed by atoms with Crippen molar-refractivity contribution in [1.82, 2.24) is 9.97 Å². The molecule has 3 aromatic rings. The molecule has 2 aromatic carbocycles. The zero-order valence-corrected chi connectivity index (χ0v) is 14.0. The SMILES string of the molecule is O=C(O)c1ccccc1Nc1nc(Nc2ccccc2)ncc1Br. The van der Waals surface area contributed by atoms with E-state index in [4.69, 9.17) is 0 Å². The number of anilines is 4. The largest absolute Gasteiger partial charge is 0.478 e. The number of nitrogens with one attached hydrogen (secondary N) is 2. The number of carbonyl (C=O) groups is 1. The Hall–Kier alpha value is -2.93. The highest BCUT2D eigenvalue weighted by molar-refractivity contribution is 9.10. The van der Waals surface area contributed by atoms with Crippen molar-refractivity contribution in [2.45, 2.75) is 0 Å². The standard InChI is InChI=1S/C17H13BrN4O2/c18-13-10-19-17(20-11-6-2-1-3-7-11)22-15(13)21-14-9-5-4-8-12(14)16(23)24/h1-10H,(H,23,24)(H2,19,20,21,22). The Kier molecular flexibility index (Phi) is 4.72. The molecule has 1 aromatic heterocycles. The maximum Gasteiger partial charge on any atom is 0.337 e. The molecule has 0 bridgehead atoms. The van der Waals surface area contributed by atoms with Crippen molar-refractivity contribution in [3.63, 3.8) is 0 Å². The van der Waals surface area contributed by atoms with E-state index in [1.54, 1.807) is 24.4 Å². The van der Waals surface area contributed by atoms with Crippen LogP contribution in [0.15, 0.2) is 65.3 Å². The Labute approximate surface area is 146 Å². The molecule has 0 spiro atoms. The smallest absolute Gasteiger partial charge is 0.337 e. The number of benzene rings is 2. The fraction of sp³-hybridized carbons (Fsp3) is 0. The Balaban J connectivity index is 1.89. The van der Waals surface area contributed by atoms with Crippen molar-refractivity contribution in [1.29, 1.82) is 0 Å². The molecule has 3 rings (SSSR count). The van der Waals surface area contributed by atoms with Crippen LogP contribution in [0, 0.1) is 0 Å². The molecule has 120 valence electrons. The maximum absolute atomic E-state index is 11.3. The normalized spacial score (nSPS) is 10.2. The van der Waals surface area contributed by atoms with Gasteiger partial charge in [0.25, 0.3) is 0 Å². The molecule has 0 aliphatic carbocycles. The van der Waals surface area contributed by atoms with Crippen molar-refractivity contribution < 1.29 is 9.90 Å². The van der Waals surface area contributed by atoms with Crippen LogP contribution in [0.3, 0.4) is 0 Å². The van der Waals surface area contributed by atoms with Crippen LogP contribution in [-0.4, -0.2) is 21.0 Å². The van der Waals surface area contributed by atoms with Gasteiger partial charge in [-0.05, 0) is 40.2 Å². The van der Waals surface area contributed by atoms with E-state index in [0.717, 1.165) is 5.69 Å². The van der Waals surface area contributed by atoms with Crippen LogP contribution in [0.1, 0.15) is 10.4 Å². The first-order valence-electron chi connectivity index (χ1n) is 7.07. The first-order chi connectivity index (χ1) is 11.6. The second-order valence-corrected chi connectivity index (χ2v) is 5.71. The van der Waals surface area contributed by atoms with Gasteiger partial charge in [0.05, 0.1) is 15.7 Å². The third-order valence-electron chi connectivity index (χ3n) is 3.18. The van der Waals surface area contributed by atoms with Crippen LogP contribution in [0.25, 0.3) is 0 Å². The number of hydrogen-bond acceptors (Lipinski definition) is 5. The van der Waals surface area contributed by atoms with E-state index in [1.165, 1.54) is 6.07 Å². The highest BCUT2D eigenvalue weighted by atomic mass is 79.9. The lowest BCUT2D eigenvalue weighted by atomic mass is 10.2. The monoisotopic (exact) mass is 384 g/mol. The Bertz CT molecular complexity index is 871. The fourth-order valence-electron chi connectivity index (χ4n) is 2.07. The van der Waals surface area contributed by atoms with Crippen LogP contribution >= 0.6 is 15.9 Å². The van der Waals surface area contributed by atoms with Crippen molar-refractivity contribution in [2.75, 3.05) is 10.6 Å². The van der Waals surface area contributed by atoms with Gasteiger partial charge in [0.15, 0.2) is 0 Å².